The van der Waals surface area contributed by atoms with Gasteiger partial charge in [-0.05, 0) is 39.3 Å². The van der Waals surface area contributed by atoms with E-state index in [-0.39, 0.29) is 18.9 Å². The molecule has 27 heavy (non-hydrogen) atoms. The Bertz CT molecular complexity index is 670. The summed E-state index contributed by atoms with van der Waals surface area (Å²) in [6.45, 7) is 5.34. The molecule has 0 aliphatic carbocycles. The smallest absolute Gasteiger partial charge is 0.407 e. The zero-order chi connectivity index (χ0) is 20.4. The van der Waals surface area contributed by atoms with Gasteiger partial charge in [-0.15, -0.1) is 0 Å². The van der Waals surface area contributed by atoms with E-state index in [9.17, 15) is 14.4 Å². The molecule has 150 valence electrons. The van der Waals surface area contributed by atoms with Gasteiger partial charge in [-0.3, -0.25) is 9.59 Å². The maximum Gasteiger partial charge on any atom is 0.407 e. The molecule has 3 amide bonds. The first kappa shape index (κ1) is 22.1. The van der Waals surface area contributed by atoms with Crippen LogP contribution in [-0.2, 0) is 14.3 Å². The molecule has 1 aromatic rings. The van der Waals surface area contributed by atoms with Gasteiger partial charge in [-0.1, -0.05) is 0 Å². The first-order chi connectivity index (χ1) is 12.6. The summed E-state index contributed by atoms with van der Waals surface area (Å²) in [7, 11) is 1.46. The third-order valence-electron chi connectivity index (χ3n) is 3.07. The predicted molar refractivity (Wildman–Crippen MR) is 99.8 cm³/mol. The molecule has 0 saturated carbocycles. The second-order valence-corrected chi connectivity index (χ2v) is 6.70. The van der Waals surface area contributed by atoms with Gasteiger partial charge in [-0.25, -0.2) is 4.79 Å². The number of alkyl carbamates (subject to hydrolysis) is 1. The Morgan fingerprint density at radius 2 is 1.85 bits per heavy atom. The van der Waals surface area contributed by atoms with Crippen molar-refractivity contribution in [3.05, 3.63) is 18.2 Å². The van der Waals surface area contributed by atoms with Gasteiger partial charge in [0, 0.05) is 24.7 Å². The number of carbonyl (C=O) groups is 3. The number of nitrogens with one attached hydrogen (secondary N) is 2. The fraction of sp³-hybridized carbons (Fsp3) is 0.500. The number of benzene rings is 1. The van der Waals surface area contributed by atoms with Gasteiger partial charge in [0.25, 0.3) is 5.91 Å². The van der Waals surface area contributed by atoms with E-state index in [1.807, 2.05) is 0 Å². The van der Waals surface area contributed by atoms with Crippen LogP contribution in [0.2, 0.25) is 0 Å². The molecule has 0 spiro atoms. The molecule has 0 aromatic heterocycles. The third kappa shape index (κ3) is 9.34. The summed E-state index contributed by atoms with van der Waals surface area (Å²) in [4.78, 5) is 34.4. The predicted octanol–water partition coefficient (Wildman–Crippen LogP) is 1.80. The highest BCUT2D eigenvalue weighted by atomic mass is 16.6. The third-order valence-corrected chi connectivity index (χ3v) is 3.07. The van der Waals surface area contributed by atoms with Crippen LogP contribution < -0.4 is 25.8 Å². The molecular weight excluding hydrogens is 354 g/mol. The monoisotopic (exact) mass is 381 g/mol. The second-order valence-electron chi connectivity index (χ2n) is 6.70. The molecule has 0 fully saturated rings. The number of carbonyl (C=O) groups excluding carboxylic acids is 3. The van der Waals surface area contributed by atoms with Gasteiger partial charge < -0.3 is 30.6 Å². The minimum Gasteiger partial charge on any atom is -0.493 e. The lowest BCUT2D eigenvalue weighted by atomic mass is 10.2. The number of ether oxygens (including phenoxy) is 3. The Hall–Kier alpha value is -2.97. The van der Waals surface area contributed by atoms with Gasteiger partial charge in [0.2, 0.25) is 5.91 Å². The Kier molecular flexibility index (Phi) is 8.37. The van der Waals surface area contributed by atoms with Crippen molar-refractivity contribution >= 4 is 23.6 Å². The number of methoxy groups -OCH3 is 1. The Morgan fingerprint density at radius 1 is 1.15 bits per heavy atom. The fourth-order valence-corrected chi connectivity index (χ4v) is 1.99. The summed E-state index contributed by atoms with van der Waals surface area (Å²) in [5, 5.41) is 5.30. The summed E-state index contributed by atoms with van der Waals surface area (Å²) in [6, 6.07) is 4.79. The molecule has 0 unspecified atom stereocenters. The zero-order valence-electron chi connectivity index (χ0n) is 16.1. The van der Waals surface area contributed by atoms with Gasteiger partial charge in [-0.2, -0.15) is 0 Å². The quantitative estimate of drug-likeness (QED) is 0.560. The average Bonchev–Trinajstić information content (AvgIpc) is 2.55. The molecular formula is C18H27N3O6. The van der Waals surface area contributed by atoms with E-state index in [1.165, 1.54) is 7.11 Å². The van der Waals surface area contributed by atoms with Crippen LogP contribution in [0.4, 0.5) is 10.5 Å². The minimum absolute atomic E-state index is 0.208. The lowest BCUT2D eigenvalue weighted by Gasteiger charge is -2.19. The summed E-state index contributed by atoms with van der Waals surface area (Å²) in [6.07, 6.45) is 0.139. The van der Waals surface area contributed by atoms with Crippen molar-refractivity contribution < 1.29 is 28.6 Å². The highest BCUT2D eigenvalue weighted by molar-refractivity contribution is 5.91. The van der Waals surface area contributed by atoms with Crippen molar-refractivity contribution in [2.45, 2.75) is 39.2 Å². The van der Waals surface area contributed by atoms with Crippen molar-refractivity contribution in [2.75, 3.05) is 25.6 Å². The first-order valence-corrected chi connectivity index (χ1v) is 8.46. The van der Waals surface area contributed by atoms with Crippen molar-refractivity contribution in [3.8, 4) is 11.5 Å². The summed E-state index contributed by atoms with van der Waals surface area (Å²) < 4.78 is 15.5. The number of amides is 3. The molecule has 0 heterocycles. The number of anilines is 1. The van der Waals surface area contributed by atoms with Gasteiger partial charge in [0.1, 0.15) is 5.60 Å². The zero-order valence-corrected chi connectivity index (χ0v) is 16.1. The molecule has 0 aliphatic heterocycles. The maximum atomic E-state index is 12.0. The van der Waals surface area contributed by atoms with E-state index >= 15 is 0 Å². The Morgan fingerprint density at radius 3 is 2.44 bits per heavy atom. The molecule has 0 saturated heterocycles. The van der Waals surface area contributed by atoms with E-state index in [4.69, 9.17) is 19.9 Å². The summed E-state index contributed by atoms with van der Waals surface area (Å²) in [5.74, 6) is -0.146. The fourth-order valence-electron chi connectivity index (χ4n) is 1.99. The van der Waals surface area contributed by atoms with Crippen LogP contribution in [0.25, 0.3) is 0 Å². The highest BCUT2D eigenvalue weighted by Crippen LogP contribution is 2.30. The summed E-state index contributed by atoms with van der Waals surface area (Å²) >= 11 is 0. The Labute approximate surface area is 158 Å². The van der Waals surface area contributed by atoms with E-state index in [2.05, 4.69) is 10.6 Å². The topological polar surface area (TPSA) is 129 Å². The van der Waals surface area contributed by atoms with Gasteiger partial charge >= 0.3 is 6.09 Å². The molecule has 1 rings (SSSR count). The molecule has 0 bridgehead atoms. The van der Waals surface area contributed by atoms with Crippen LogP contribution in [0.5, 0.6) is 11.5 Å². The first-order valence-electron chi connectivity index (χ1n) is 8.46. The number of rotatable bonds is 9. The van der Waals surface area contributed by atoms with Crippen LogP contribution in [-0.4, -0.2) is 43.8 Å². The van der Waals surface area contributed by atoms with E-state index in [1.54, 1.807) is 39.0 Å². The number of nitrogens with two attached hydrogens (primary N) is 1. The number of hydrogen-bond acceptors (Lipinski definition) is 6. The second kappa shape index (κ2) is 10.2. The molecule has 9 nitrogen and oxygen atoms in total. The van der Waals surface area contributed by atoms with Crippen LogP contribution in [0.3, 0.4) is 0 Å². The van der Waals surface area contributed by atoms with E-state index < -0.39 is 17.6 Å². The molecule has 0 radical (unpaired) electrons. The lowest BCUT2D eigenvalue weighted by Crippen LogP contribution is -2.33. The SMILES string of the molecule is COc1ccc(NC(=O)CCCNC(=O)OC(C)(C)C)cc1OCC(N)=O. The Balaban J connectivity index is 2.46. The molecule has 0 aliphatic rings. The largest absolute Gasteiger partial charge is 0.493 e. The van der Waals surface area contributed by atoms with Crippen LogP contribution in [0, 0.1) is 0 Å². The van der Waals surface area contributed by atoms with E-state index in [0.29, 0.717) is 30.2 Å². The molecule has 9 heteroatoms. The van der Waals surface area contributed by atoms with E-state index in [0.717, 1.165) is 0 Å². The minimum atomic E-state index is -0.621. The van der Waals surface area contributed by atoms with Crippen molar-refractivity contribution in [3.63, 3.8) is 0 Å². The van der Waals surface area contributed by atoms with Crippen LogP contribution >= 0.6 is 0 Å². The standard InChI is InChI=1S/C18H27N3O6/c1-18(2,3)27-17(24)20-9-5-6-16(23)21-12-7-8-13(25-4)14(10-12)26-11-15(19)22/h7-8,10H,5-6,9,11H2,1-4H3,(H2,19,22)(H,20,24)(H,21,23). The maximum absolute atomic E-state index is 12.0. The molecule has 4 N–H and O–H groups in total. The number of hydrogen-bond donors (Lipinski definition) is 3. The highest BCUT2D eigenvalue weighted by Gasteiger charge is 2.15. The molecule has 1 aromatic carbocycles. The van der Waals surface area contributed by atoms with Crippen molar-refractivity contribution in [1.29, 1.82) is 0 Å². The van der Waals surface area contributed by atoms with Crippen molar-refractivity contribution in [2.24, 2.45) is 5.73 Å². The van der Waals surface area contributed by atoms with Gasteiger partial charge in [0.05, 0.1) is 7.11 Å². The van der Waals surface area contributed by atoms with Crippen molar-refractivity contribution in [1.82, 2.24) is 5.32 Å². The van der Waals surface area contributed by atoms with Crippen LogP contribution in [0.1, 0.15) is 33.6 Å². The summed E-state index contributed by atoms with van der Waals surface area (Å²) in [5.41, 5.74) is 4.98. The van der Waals surface area contributed by atoms with Crippen LogP contribution in [0.15, 0.2) is 18.2 Å². The number of primary amides is 1. The average molecular weight is 381 g/mol. The van der Waals surface area contributed by atoms with Gasteiger partial charge in [0.15, 0.2) is 18.1 Å². The molecule has 0 atom stereocenters. The lowest BCUT2D eigenvalue weighted by molar-refractivity contribution is -0.120. The normalized spacial score (nSPS) is 10.7.